The third kappa shape index (κ3) is 4.31. The fourth-order valence-electron chi connectivity index (χ4n) is 3.26. The Labute approximate surface area is 160 Å². The third-order valence-electron chi connectivity index (χ3n) is 4.89. The van der Waals surface area contributed by atoms with Crippen molar-refractivity contribution in [3.8, 4) is 5.75 Å². The Morgan fingerprint density at radius 1 is 1.07 bits per heavy atom. The van der Waals surface area contributed by atoms with Crippen molar-refractivity contribution in [1.29, 1.82) is 0 Å². The number of carbonyl (C=O) groups is 1. The van der Waals surface area contributed by atoms with Gasteiger partial charge in [0.1, 0.15) is 5.75 Å². The molecule has 1 heterocycles. The Hall–Kier alpha value is -2.38. The summed E-state index contributed by atoms with van der Waals surface area (Å²) < 4.78 is 32.3. The van der Waals surface area contributed by atoms with Gasteiger partial charge in [0.25, 0.3) is 0 Å². The molecule has 1 aliphatic rings. The number of carbonyl (C=O) groups excluding carboxylic acids is 1. The molecule has 27 heavy (non-hydrogen) atoms. The van der Waals surface area contributed by atoms with Crippen LogP contribution in [0.25, 0.3) is 0 Å². The SMILES string of the molecule is COc1ccc(NC(=O)C2CCN(S(=O)(=O)c3ccccc3C)CC2)cc1. The highest BCUT2D eigenvalue weighted by Gasteiger charge is 2.32. The smallest absolute Gasteiger partial charge is 0.243 e. The van der Waals surface area contributed by atoms with Crippen molar-refractivity contribution >= 4 is 21.6 Å². The molecule has 3 rings (SSSR count). The second-order valence-corrected chi connectivity index (χ2v) is 8.57. The number of hydrogen-bond acceptors (Lipinski definition) is 4. The quantitative estimate of drug-likeness (QED) is 0.854. The van der Waals surface area contributed by atoms with Gasteiger partial charge in [-0.1, -0.05) is 18.2 Å². The summed E-state index contributed by atoms with van der Waals surface area (Å²) in [5, 5.41) is 2.89. The van der Waals surface area contributed by atoms with E-state index in [1.54, 1.807) is 56.5 Å². The van der Waals surface area contributed by atoms with Crippen LogP contribution in [0.5, 0.6) is 5.75 Å². The van der Waals surface area contributed by atoms with Crippen molar-refractivity contribution in [1.82, 2.24) is 4.31 Å². The fraction of sp³-hybridized carbons (Fsp3) is 0.350. The highest BCUT2D eigenvalue weighted by Crippen LogP contribution is 2.26. The maximum atomic E-state index is 12.8. The Kier molecular flexibility index (Phi) is 5.82. The van der Waals surface area contributed by atoms with E-state index in [0.717, 1.165) is 11.3 Å². The molecule has 0 bridgehead atoms. The molecule has 1 fully saturated rings. The number of anilines is 1. The van der Waals surface area contributed by atoms with E-state index >= 15 is 0 Å². The minimum absolute atomic E-state index is 0.0758. The average molecular weight is 388 g/mol. The number of ether oxygens (including phenoxy) is 1. The molecule has 0 atom stereocenters. The van der Waals surface area contributed by atoms with Crippen LogP contribution in [0.15, 0.2) is 53.4 Å². The van der Waals surface area contributed by atoms with Crippen molar-refractivity contribution in [2.45, 2.75) is 24.7 Å². The van der Waals surface area contributed by atoms with Gasteiger partial charge in [0.15, 0.2) is 0 Å². The Morgan fingerprint density at radius 3 is 2.30 bits per heavy atom. The van der Waals surface area contributed by atoms with Gasteiger partial charge in [-0.15, -0.1) is 0 Å². The first-order valence-electron chi connectivity index (χ1n) is 8.92. The van der Waals surface area contributed by atoms with E-state index in [2.05, 4.69) is 5.32 Å². The van der Waals surface area contributed by atoms with E-state index in [4.69, 9.17) is 4.74 Å². The summed E-state index contributed by atoms with van der Waals surface area (Å²) in [7, 11) is -1.93. The average Bonchev–Trinajstić information content (AvgIpc) is 2.69. The molecule has 6 nitrogen and oxygen atoms in total. The number of piperidine rings is 1. The molecule has 0 unspecified atom stereocenters. The van der Waals surface area contributed by atoms with E-state index < -0.39 is 10.0 Å². The highest BCUT2D eigenvalue weighted by atomic mass is 32.2. The topological polar surface area (TPSA) is 75.7 Å². The van der Waals surface area contributed by atoms with Gasteiger partial charge in [-0.3, -0.25) is 4.79 Å². The standard InChI is InChI=1S/C20H24N2O4S/c1-15-5-3-4-6-19(15)27(24,25)22-13-11-16(12-14-22)20(23)21-17-7-9-18(26-2)10-8-17/h3-10,16H,11-14H2,1-2H3,(H,21,23). The van der Waals surface area contributed by atoms with Crippen LogP contribution in [0.4, 0.5) is 5.69 Å². The predicted molar refractivity (Wildman–Crippen MR) is 104 cm³/mol. The third-order valence-corrected chi connectivity index (χ3v) is 6.95. The Morgan fingerprint density at radius 2 is 1.70 bits per heavy atom. The van der Waals surface area contributed by atoms with E-state index in [0.29, 0.717) is 36.5 Å². The van der Waals surface area contributed by atoms with Crippen molar-refractivity contribution in [3.05, 3.63) is 54.1 Å². The molecule has 0 aromatic heterocycles. The highest BCUT2D eigenvalue weighted by molar-refractivity contribution is 7.89. The number of nitrogens with one attached hydrogen (secondary N) is 1. The van der Waals surface area contributed by atoms with Gasteiger partial charge in [0.2, 0.25) is 15.9 Å². The number of aryl methyl sites for hydroxylation is 1. The monoisotopic (exact) mass is 388 g/mol. The molecular formula is C20H24N2O4S. The summed E-state index contributed by atoms with van der Waals surface area (Å²) in [6.45, 7) is 2.48. The van der Waals surface area contributed by atoms with Crippen LogP contribution >= 0.6 is 0 Å². The normalized spacial score (nSPS) is 16.1. The molecule has 0 spiro atoms. The van der Waals surface area contributed by atoms with Crippen LogP contribution in [0.1, 0.15) is 18.4 Å². The molecule has 0 aliphatic carbocycles. The lowest BCUT2D eigenvalue weighted by Gasteiger charge is -2.31. The lowest BCUT2D eigenvalue weighted by molar-refractivity contribution is -0.120. The van der Waals surface area contributed by atoms with E-state index in [-0.39, 0.29) is 11.8 Å². The predicted octanol–water partition coefficient (Wildman–Crippen LogP) is 3.04. The lowest BCUT2D eigenvalue weighted by atomic mass is 9.97. The largest absolute Gasteiger partial charge is 0.497 e. The number of amides is 1. The first kappa shape index (κ1) is 19.4. The molecule has 1 N–H and O–H groups in total. The van der Waals surface area contributed by atoms with Gasteiger partial charge in [-0.2, -0.15) is 4.31 Å². The first-order chi connectivity index (χ1) is 12.9. The number of nitrogens with zero attached hydrogens (tertiary/aromatic N) is 1. The molecule has 2 aromatic carbocycles. The number of hydrogen-bond donors (Lipinski definition) is 1. The first-order valence-corrected chi connectivity index (χ1v) is 10.4. The number of methoxy groups -OCH3 is 1. The lowest BCUT2D eigenvalue weighted by Crippen LogP contribution is -2.41. The van der Waals surface area contributed by atoms with Gasteiger partial charge in [-0.05, 0) is 55.7 Å². The van der Waals surface area contributed by atoms with Crippen LogP contribution in [0, 0.1) is 12.8 Å². The zero-order chi connectivity index (χ0) is 19.4. The van der Waals surface area contributed by atoms with Crippen molar-refractivity contribution < 1.29 is 17.9 Å². The molecule has 1 aliphatic heterocycles. The number of sulfonamides is 1. The Bertz CT molecular complexity index is 902. The van der Waals surface area contributed by atoms with E-state index in [1.165, 1.54) is 4.31 Å². The van der Waals surface area contributed by atoms with Gasteiger partial charge in [-0.25, -0.2) is 8.42 Å². The molecule has 1 amide bonds. The summed E-state index contributed by atoms with van der Waals surface area (Å²) in [6, 6.07) is 14.1. The summed E-state index contributed by atoms with van der Waals surface area (Å²) >= 11 is 0. The maximum absolute atomic E-state index is 12.8. The van der Waals surface area contributed by atoms with E-state index in [9.17, 15) is 13.2 Å². The van der Waals surface area contributed by atoms with Crippen LogP contribution < -0.4 is 10.1 Å². The second kappa shape index (κ2) is 8.10. The summed E-state index contributed by atoms with van der Waals surface area (Å²) in [5.74, 6) is 0.450. The Balaban J connectivity index is 1.61. The van der Waals surface area contributed by atoms with Gasteiger partial charge in [0, 0.05) is 24.7 Å². The molecule has 1 saturated heterocycles. The fourth-order valence-corrected chi connectivity index (χ4v) is 4.96. The molecule has 7 heteroatoms. The van der Waals surface area contributed by atoms with Crippen molar-refractivity contribution in [2.75, 3.05) is 25.5 Å². The molecule has 0 saturated carbocycles. The number of rotatable bonds is 5. The zero-order valence-corrected chi connectivity index (χ0v) is 16.3. The molecule has 144 valence electrons. The van der Waals surface area contributed by atoms with Crippen LogP contribution in [-0.2, 0) is 14.8 Å². The minimum Gasteiger partial charge on any atom is -0.497 e. The summed E-state index contributed by atoms with van der Waals surface area (Å²) in [5.41, 5.74) is 1.44. The zero-order valence-electron chi connectivity index (χ0n) is 15.5. The van der Waals surface area contributed by atoms with Crippen LogP contribution in [-0.4, -0.2) is 38.8 Å². The summed E-state index contributed by atoms with van der Waals surface area (Å²) in [6.07, 6.45) is 1.01. The second-order valence-electron chi connectivity index (χ2n) is 6.66. The van der Waals surface area contributed by atoms with Crippen molar-refractivity contribution in [3.63, 3.8) is 0 Å². The van der Waals surface area contributed by atoms with Crippen LogP contribution in [0.3, 0.4) is 0 Å². The molecular weight excluding hydrogens is 364 g/mol. The maximum Gasteiger partial charge on any atom is 0.243 e. The van der Waals surface area contributed by atoms with Crippen LogP contribution in [0.2, 0.25) is 0 Å². The molecule has 2 aromatic rings. The summed E-state index contributed by atoms with van der Waals surface area (Å²) in [4.78, 5) is 12.8. The molecule has 0 radical (unpaired) electrons. The van der Waals surface area contributed by atoms with Gasteiger partial charge < -0.3 is 10.1 Å². The van der Waals surface area contributed by atoms with E-state index in [1.807, 2.05) is 6.07 Å². The number of benzene rings is 2. The van der Waals surface area contributed by atoms with Gasteiger partial charge in [0.05, 0.1) is 12.0 Å². The van der Waals surface area contributed by atoms with Crippen molar-refractivity contribution in [2.24, 2.45) is 5.92 Å². The van der Waals surface area contributed by atoms with Gasteiger partial charge >= 0.3 is 0 Å². The minimum atomic E-state index is -3.52.